The number of ether oxygens (including phenoxy) is 1. The number of likely N-dealkylation sites (N-methyl/N-ethyl adjacent to an activating group) is 1. The number of nitrogens with one attached hydrogen (secondary N) is 1. The van der Waals surface area contributed by atoms with Crippen molar-refractivity contribution in [1.29, 1.82) is 0 Å². The largest absolute Gasteiger partial charge is 0.374 e. The van der Waals surface area contributed by atoms with Crippen LogP contribution in [0.1, 0.15) is 24.9 Å². The molecule has 106 valence electrons. The number of pyridine rings is 1. The molecule has 0 amide bonds. The van der Waals surface area contributed by atoms with E-state index in [1.165, 1.54) is 6.20 Å². The Morgan fingerprint density at radius 2 is 2.47 bits per heavy atom. The van der Waals surface area contributed by atoms with Crippen molar-refractivity contribution in [3.05, 3.63) is 29.8 Å². The molecule has 1 aliphatic rings. The fourth-order valence-electron chi connectivity index (χ4n) is 2.63. The Morgan fingerprint density at radius 3 is 3.16 bits per heavy atom. The minimum Gasteiger partial charge on any atom is -0.374 e. The molecule has 1 aromatic heterocycles. The lowest BCUT2D eigenvalue weighted by Gasteiger charge is -2.37. The molecule has 0 bridgehead atoms. The second kappa shape index (κ2) is 6.93. The van der Waals surface area contributed by atoms with Gasteiger partial charge in [-0.2, -0.15) is 0 Å². The van der Waals surface area contributed by atoms with Gasteiger partial charge in [-0.1, -0.05) is 6.92 Å². The zero-order chi connectivity index (χ0) is 13.7. The molecule has 1 aliphatic heterocycles. The van der Waals surface area contributed by atoms with E-state index >= 15 is 0 Å². The first kappa shape index (κ1) is 14.4. The van der Waals surface area contributed by atoms with Gasteiger partial charge < -0.3 is 10.1 Å². The molecule has 2 rings (SSSR count). The Balaban J connectivity index is 2.11. The van der Waals surface area contributed by atoms with E-state index in [0.29, 0.717) is 12.2 Å². The molecule has 1 aromatic rings. The topological polar surface area (TPSA) is 37.4 Å². The number of nitrogens with zero attached hydrogens (tertiary/aromatic N) is 2. The van der Waals surface area contributed by atoms with E-state index in [1.54, 1.807) is 12.3 Å². The van der Waals surface area contributed by atoms with Crippen LogP contribution in [0.2, 0.25) is 0 Å². The van der Waals surface area contributed by atoms with E-state index in [-0.39, 0.29) is 18.0 Å². The summed E-state index contributed by atoms with van der Waals surface area (Å²) in [6.07, 6.45) is 3.98. The smallest absolute Gasteiger partial charge is 0.146 e. The van der Waals surface area contributed by atoms with Crippen LogP contribution in [0.15, 0.2) is 18.5 Å². The first-order chi connectivity index (χ1) is 9.26. The number of rotatable bonds is 5. The average Bonchev–Trinajstić information content (AvgIpc) is 2.43. The SMILES string of the molecule is CCCN1CCOC(C(NC)c2ccncc2F)C1. The summed E-state index contributed by atoms with van der Waals surface area (Å²) in [4.78, 5) is 6.17. The van der Waals surface area contributed by atoms with Crippen LogP contribution in [0.25, 0.3) is 0 Å². The predicted molar refractivity (Wildman–Crippen MR) is 72.5 cm³/mol. The molecule has 0 aromatic carbocycles. The summed E-state index contributed by atoms with van der Waals surface area (Å²) < 4.78 is 19.7. The lowest BCUT2D eigenvalue weighted by Crippen LogP contribution is -2.48. The van der Waals surface area contributed by atoms with Gasteiger partial charge in [0.1, 0.15) is 5.82 Å². The highest BCUT2D eigenvalue weighted by Gasteiger charge is 2.29. The van der Waals surface area contributed by atoms with Crippen molar-refractivity contribution in [2.45, 2.75) is 25.5 Å². The molecule has 2 heterocycles. The van der Waals surface area contributed by atoms with Crippen LogP contribution in [0, 0.1) is 5.82 Å². The third kappa shape index (κ3) is 3.49. The van der Waals surface area contributed by atoms with Gasteiger partial charge in [0.15, 0.2) is 0 Å². The van der Waals surface area contributed by atoms with Crippen LogP contribution >= 0.6 is 0 Å². The fourth-order valence-corrected chi connectivity index (χ4v) is 2.63. The van der Waals surface area contributed by atoms with Crippen molar-refractivity contribution in [3.8, 4) is 0 Å². The molecule has 19 heavy (non-hydrogen) atoms. The Morgan fingerprint density at radius 1 is 1.63 bits per heavy atom. The molecule has 0 spiro atoms. The van der Waals surface area contributed by atoms with Crippen molar-refractivity contribution >= 4 is 0 Å². The van der Waals surface area contributed by atoms with Gasteiger partial charge in [-0.15, -0.1) is 0 Å². The summed E-state index contributed by atoms with van der Waals surface area (Å²) in [7, 11) is 1.84. The summed E-state index contributed by atoms with van der Waals surface area (Å²) in [6.45, 7) is 5.73. The van der Waals surface area contributed by atoms with Gasteiger partial charge in [0, 0.05) is 24.8 Å². The number of hydrogen-bond donors (Lipinski definition) is 1. The fraction of sp³-hybridized carbons (Fsp3) is 0.643. The maximum absolute atomic E-state index is 13.9. The van der Waals surface area contributed by atoms with E-state index in [0.717, 1.165) is 26.1 Å². The quantitative estimate of drug-likeness (QED) is 0.879. The average molecular weight is 267 g/mol. The molecule has 4 nitrogen and oxygen atoms in total. The lowest BCUT2D eigenvalue weighted by molar-refractivity contribution is -0.0464. The van der Waals surface area contributed by atoms with Gasteiger partial charge in [-0.25, -0.2) is 4.39 Å². The normalized spacial score (nSPS) is 22.4. The van der Waals surface area contributed by atoms with Crippen LogP contribution in [-0.4, -0.2) is 49.3 Å². The molecule has 0 radical (unpaired) electrons. The summed E-state index contributed by atoms with van der Waals surface area (Å²) >= 11 is 0. The van der Waals surface area contributed by atoms with Crippen molar-refractivity contribution < 1.29 is 9.13 Å². The molecule has 1 fully saturated rings. The summed E-state index contributed by atoms with van der Waals surface area (Å²) in [5.74, 6) is -0.280. The Labute approximate surface area is 114 Å². The van der Waals surface area contributed by atoms with Crippen LogP contribution in [0.3, 0.4) is 0 Å². The summed E-state index contributed by atoms with van der Waals surface area (Å²) in [5.41, 5.74) is 0.626. The van der Waals surface area contributed by atoms with Crippen molar-refractivity contribution in [1.82, 2.24) is 15.2 Å². The first-order valence-corrected chi connectivity index (χ1v) is 6.87. The minimum absolute atomic E-state index is 0.0257. The molecular weight excluding hydrogens is 245 g/mol. The van der Waals surface area contributed by atoms with Gasteiger partial charge in [-0.3, -0.25) is 9.88 Å². The molecule has 0 saturated carbocycles. The predicted octanol–water partition coefficient (Wildman–Crippen LogP) is 1.59. The molecule has 0 aliphatic carbocycles. The Hall–Kier alpha value is -1.04. The van der Waals surface area contributed by atoms with Crippen LogP contribution in [0.4, 0.5) is 4.39 Å². The van der Waals surface area contributed by atoms with Crippen LogP contribution in [0.5, 0.6) is 0 Å². The zero-order valence-corrected chi connectivity index (χ0v) is 11.6. The highest BCUT2D eigenvalue weighted by atomic mass is 19.1. The maximum atomic E-state index is 13.9. The van der Waals surface area contributed by atoms with E-state index in [1.807, 2.05) is 7.05 Å². The minimum atomic E-state index is -0.280. The molecule has 1 N–H and O–H groups in total. The van der Waals surface area contributed by atoms with Gasteiger partial charge in [0.2, 0.25) is 0 Å². The van der Waals surface area contributed by atoms with Gasteiger partial charge in [0.05, 0.1) is 24.9 Å². The third-order valence-electron chi connectivity index (χ3n) is 3.54. The van der Waals surface area contributed by atoms with Crippen LogP contribution in [-0.2, 0) is 4.74 Å². The first-order valence-electron chi connectivity index (χ1n) is 6.87. The molecule has 2 atom stereocenters. The summed E-state index contributed by atoms with van der Waals surface area (Å²) in [6, 6.07) is 1.58. The monoisotopic (exact) mass is 267 g/mol. The van der Waals surface area contributed by atoms with Gasteiger partial charge >= 0.3 is 0 Å². The highest BCUT2D eigenvalue weighted by molar-refractivity contribution is 5.19. The second-order valence-corrected chi connectivity index (χ2v) is 4.87. The van der Waals surface area contributed by atoms with Crippen molar-refractivity contribution in [2.75, 3.05) is 33.3 Å². The third-order valence-corrected chi connectivity index (χ3v) is 3.54. The molecule has 5 heteroatoms. The molecular formula is C14H22FN3O. The van der Waals surface area contributed by atoms with E-state index < -0.39 is 0 Å². The van der Waals surface area contributed by atoms with Gasteiger partial charge in [0.25, 0.3) is 0 Å². The van der Waals surface area contributed by atoms with Gasteiger partial charge in [-0.05, 0) is 26.1 Å². The molecule has 1 saturated heterocycles. The number of halogens is 1. The number of morpholine rings is 1. The highest BCUT2D eigenvalue weighted by Crippen LogP contribution is 2.23. The van der Waals surface area contributed by atoms with Crippen LogP contribution < -0.4 is 5.32 Å². The van der Waals surface area contributed by atoms with E-state index in [2.05, 4.69) is 22.1 Å². The summed E-state index contributed by atoms with van der Waals surface area (Å²) in [5, 5.41) is 3.17. The standard InChI is InChI=1S/C14H22FN3O/c1-3-6-18-7-8-19-13(10-18)14(16-2)11-4-5-17-9-12(11)15/h4-5,9,13-14,16H,3,6-8,10H2,1-2H3. The second-order valence-electron chi connectivity index (χ2n) is 4.87. The number of hydrogen-bond acceptors (Lipinski definition) is 4. The van der Waals surface area contributed by atoms with E-state index in [9.17, 15) is 4.39 Å². The Kier molecular flexibility index (Phi) is 5.24. The maximum Gasteiger partial charge on any atom is 0.146 e. The van der Waals surface area contributed by atoms with Crippen molar-refractivity contribution in [2.24, 2.45) is 0 Å². The van der Waals surface area contributed by atoms with Crippen molar-refractivity contribution in [3.63, 3.8) is 0 Å². The number of aromatic nitrogens is 1. The van der Waals surface area contributed by atoms with E-state index in [4.69, 9.17) is 4.74 Å². The molecule has 2 unspecified atom stereocenters. The Bertz CT molecular complexity index is 400. The lowest BCUT2D eigenvalue weighted by atomic mass is 10.0. The zero-order valence-electron chi connectivity index (χ0n) is 11.6.